The van der Waals surface area contributed by atoms with Crippen LogP contribution in [0.25, 0.3) is 0 Å². The van der Waals surface area contributed by atoms with Crippen molar-refractivity contribution >= 4 is 35.6 Å². The Kier molecular flexibility index (Phi) is 8.31. The van der Waals surface area contributed by atoms with Crippen molar-refractivity contribution in [2.24, 2.45) is 4.99 Å². The molecular formula is C21H30F3IN4O2. The first-order chi connectivity index (χ1) is 14.4. The Morgan fingerprint density at radius 3 is 2.61 bits per heavy atom. The van der Waals surface area contributed by atoms with Crippen LogP contribution < -0.4 is 15.5 Å². The summed E-state index contributed by atoms with van der Waals surface area (Å²) < 4.78 is 52.4. The normalized spacial score (nSPS) is 26.0. The van der Waals surface area contributed by atoms with Gasteiger partial charge in [-0.15, -0.1) is 24.0 Å². The van der Waals surface area contributed by atoms with E-state index in [1.807, 2.05) is 11.8 Å². The van der Waals surface area contributed by atoms with Crippen LogP contribution in [0, 0.1) is 0 Å². The van der Waals surface area contributed by atoms with E-state index in [0.29, 0.717) is 50.6 Å². The van der Waals surface area contributed by atoms with E-state index in [4.69, 9.17) is 9.47 Å². The van der Waals surface area contributed by atoms with Gasteiger partial charge in [0.1, 0.15) is 0 Å². The first-order valence-corrected chi connectivity index (χ1v) is 10.7. The monoisotopic (exact) mass is 554 g/mol. The van der Waals surface area contributed by atoms with Crippen LogP contribution in [-0.2, 0) is 22.2 Å². The third-order valence-electron chi connectivity index (χ3n) is 5.95. The third-order valence-corrected chi connectivity index (χ3v) is 5.95. The Balaban J connectivity index is 0.00000272. The van der Waals surface area contributed by atoms with Crippen molar-refractivity contribution < 1.29 is 22.6 Å². The van der Waals surface area contributed by atoms with Gasteiger partial charge in [-0.2, -0.15) is 13.2 Å². The fraction of sp³-hybridized carbons (Fsp3) is 0.667. The fourth-order valence-corrected chi connectivity index (χ4v) is 4.43. The maximum atomic E-state index is 13.8. The van der Waals surface area contributed by atoms with Crippen molar-refractivity contribution in [3.05, 3.63) is 29.3 Å². The van der Waals surface area contributed by atoms with Gasteiger partial charge in [0, 0.05) is 25.3 Å². The summed E-state index contributed by atoms with van der Waals surface area (Å²) in [6.07, 6.45) is -0.962. The molecule has 174 valence electrons. The molecule has 3 heterocycles. The number of nitrogens with zero attached hydrogens (tertiary/aromatic N) is 2. The lowest BCUT2D eigenvalue weighted by Crippen LogP contribution is -2.47. The summed E-state index contributed by atoms with van der Waals surface area (Å²) in [4.78, 5) is 6.38. The minimum absolute atomic E-state index is 0. The molecule has 3 saturated heterocycles. The highest BCUT2D eigenvalue weighted by molar-refractivity contribution is 14.0. The molecule has 0 amide bonds. The minimum atomic E-state index is -4.43. The summed E-state index contributed by atoms with van der Waals surface area (Å²) in [6.45, 7) is 4.76. The molecule has 3 aliphatic rings. The topological polar surface area (TPSA) is 58.1 Å². The number of benzene rings is 1. The van der Waals surface area contributed by atoms with E-state index in [1.54, 1.807) is 12.1 Å². The molecule has 3 aliphatic heterocycles. The summed E-state index contributed by atoms with van der Waals surface area (Å²) in [5.41, 5.74) is 0.109. The number of fused-ring (bicyclic) bond motifs is 2. The lowest BCUT2D eigenvalue weighted by atomic mass is 9.96. The van der Waals surface area contributed by atoms with Gasteiger partial charge in [-0.3, -0.25) is 0 Å². The van der Waals surface area contributed by atoms with Gasteiger partial charge < -0.3 is 25.0 Å². The molecule has 3 unspecified atom stereocenters. The van der Waals surface area contributed by atoms with Gasteiger partial charge in [0.15, 0.2) is 5.96 Å². The predicted octanol–water partition coefficient (Wildman–Crippen LogP) is 3.54. The van der Waals surface area contributed by atoms with Crippen molar-refractivity contribution in [3.63, 3.8) is 0 Å². The molecule has 4 rings (SSSR count). The van der Waals surface area contributed by atoms with E-state index < -0.39 is 11.7 Å². The lowest BCUT2D eigenvalue weighted by Gasteiger charge is -2.29. The molecule has 0 saturated carbocycles. The van der Waals surface area contributed by atoms with Crippen LogP contribution in [0.2, 0.25) is 0 Å². The second kappa shape index (κ2) is 10.6. The number of alkyl halides is 3. The average molecular weight is 554 g/mol. The average Bonchev–Trinajstić information content (AvgIpc) is 3.35. The van der Waals surface area contributed by atoms with Crippen LogP contribution in [0.15, 0.2) is 23.2 Å². The van der Waals surface area contributed by atoms with Gasteiger partial charge >= 0.3 is 6.18 Å². The highest BCUT2D eigenvalue weighted by Gasteiger charge is 2.41. The molecule has 0 radical (unpaired) electrons. The summed E-state index contributed by atoms with van der Waals surface area (Å²) >= 11 is 0. The summed E-state index contributed by atoms with van der Waals surface area (Å²) in [7, 11) is 0. The Morgan fingerprint density at radius 1 is 1.23 bits per heavy atom. The van der Waals surface area contributed by atoms with Gasteiger partial charge in [0.2, 0.25) is 0 Å². The molecule has 10 heteroatoms. The smallest absolute Gasteiger partial charge is 0.378 e. The zero-order valence-electron chi connectivity index (χ0n) is 17.6. The fourth-order valence-electron chi connectivity index (χ4n) is 4.43. The van der Waals surface area contributed by atoms with Crippen LogP contribution in [0.1, 0.15) is 37.3 Å². The van der Waals surface area contributed by atoms with Gasteiger partial charge in [-0.1, -0.05) is 6.07 Å². The van der Waals surface area contributed by atoms with Crippen LogP contribution in [-0.4, -0.2) is 57.1 Å². The van der Waals surface area contributed by atoms with E-state index >= 15 is 0 Å². The molecule has 0 aromatic heterocycles. The van der Waals surface area contributed by atoms with Crippen molar-refractivity contribution in [2.45, 2.75) is 57.2 Å². The number of guanidine groups is 1. The molecule has 3 fully saturated rings. The van der Waals surface area contributed by atoms with E-state index in [9.17, 15) is 13.2 Å². The quantitative estimate of drug-likeness (QED) is 0.332. The van der Waals surface area contributed by atoms with E-state index in [2.05, 4.69) is 15.6 Å². The van der Waals surface area contributed by atoms with Crippen molar-refractivity contribution in [1.82, 2.24) is 10.6 Å². The highest BCUT2D eigenvalue weighted by atomic mass is 127. The van der Waals surface area contributed by atoms with Gasteiger partial charge in [0.25, 0.3) is 0 Å². The highest BCUT2D eigenvalue weighted by Crippen LogP contribution is 2.36. The maximum absolute atomic E-state index is 13.8. The number of halogens is 4. The summed E-state index contributed by atoms with van der Waals surface area (Å²) in [5, 5.41) is 6.49. The molecule has 31 heavy (non-hydrogen) atoms. The summed E-state index contributed by atoms with van der Waals surface area (Å²) in [5.74, 6) is 0.532. The zero-order valence-corrected chi connectivity index (χ0v) is 19.9. The molecule has 2 N–H and O–H groups in total. The number of hydrogen-bond acceptors (Lipinski definition) is 4. The van der Waals surface area contributed by atoms with Crippen molar-refractivity contribution in [3.8, 4) is 0 Å². The number of nitrogens with one attached hydrogen (secondary N) is 2. The van der Waals surface area contributed by atoms with Crippen LogP contribution in [0.4, 0.5) is 18.9 Å². The van der Waals surface area contributed by atoms with Gasteiger partial charge in [-0.25, -0.2) is 4.99 Å². The van der Waals surface area contributed by atoms with Crippen molar-refractivity contribution in [1.29, 1.82) is 0 Å². The van der Waals surface area contributed by atoms with Crippen LogP contribution >= 0.6 is 24.0 Å². The Hall–Kier alpha value is -1.27. The second-order valence-electron chi connectivity index (χ2n) is 7.99. The number of morpholine rings is 1. The molecule has 6 nitrogen and oxygen atoms in total. The lowest BCUT2D eigenvalue weighted by molar-refractivity contribution is -0.138. The minimum Gasteiger partial charge on any atom is -0.378 e. The second-order valence-corrected chi connectivity index (χ2v) is 7.99. The molecule has 1 aromatic carbocycles. The first kappa shape index (κ1) is 24.4. The standard InChI is InChI=1S/C21H29F3N4O2.HI/c1-2-25-20(27-18-12-16-5-6-19(18)30-16)26-13-14-3-4-15(11-17(14)21(22,23)24)28-7-9-29-10-8-28;/h3-4,11,16,18-19H,2,5-10,12-13H2,1H3,(H2,25,26,27);1H. The number of aliphatic imine (C=N–C) groups is 1. The number of rotatable bonds is 5. The maximum Gasteiger partial charge on any atom is 0.416 e. The predicted molar refractivity (Wildman–Crippen MR) is 124 cm³/mol. The van der Waals surface area contributed by atoms with Crippen LogP contribution in [0.5, 0.6) is 0 Å². The Bertz CT molecular complexity index is 771. The number of ether oxygens (including phenoxy) is 2. The van der Waals surface area contributed by atoms with E-state index in [0.717, 1.165) is 19.3 Å². The summed E-state index contributed by atoms with van der Waals surface area (Å²) in [6, 6.07) is 4.68. The van der Waals surface area contributed by atoms with E-state index in [1.165, 1.54) is 6.07 Å². The van der Waals surface area contributed by atoms with Crippen LogP contribution in [0.3, 0.4) is 0 Å². The molecule has 0 aliphatic carbocycles. The molecule has 3 atom stereocenters. The Morgan fingerprint density at radius 2 is 2.00 bits per heavy atom. The number of anilines is 1. The number of hydrogen-bond donors (Lipinski definition) is 2. The zero-order chi connectivity index (χ0) is 21.1. The SMILES string of the molecule is CCNC(=NCc1ccc(N2CCOCC2)cc1C(F)(F)F)NC1CC2CCC1O2.I. The van der Waals surface area contributed by atoms with Gasteiger partial charge in [-0.05, 0) is 43.9 Å². The Labute approximate surface area is 198 Å². The largest absolute Gasteiger partial charge is 0.416 e. The molecule has 0 spiro atoms. The van der Waals surface area contributed by atoms with Gasteiger partial charge in [0.05, 0.1) is 43.6 Å². The van der Waals surface area contributed by atoms with E-state index in [-0.39, 0.29) is 48.2 Å². The molecular weight excluding hydrogens is 524 g/mol. The first-order valence-electron chi connectivity index (χ1n) is 10.7. The third kappa shape index (κ3) is 5.95. The molecule has 2 bridgehead atoms. The molecule has 1 aromatic rings. The van der Waals surface area contributed by atoms with Crippen molar-refractivity contribution in [2.75, 3.05) is 37.7 Å².